The van der Waals surface area contributed by atoms with Crippen molar-refractivity contribution in [3.05, 3.63) is 61.2 Å². The van der Waals surface area contributed by atoms with E-state index in [1.807, 2.05) is 6.08 Å². The Balaban J connectivity index is 1.61. The first-order valence-corrected chi connectivity index (χ1v) is 12.9. The van der Waals surface area contributed by atoms with Crippen molar-refractivity contribution in [2.45, 2.75) is 90.4 Å². The molecule has 0 spiro atoms. The number of ether oxygens (including phenoxy) is 2. The minimum Gasteiger partial charge on any atom is -0.494 e. The Morgan fingerprint density at radius 1 is 0.562 bits per heavy atom. The Bertz CT molecular complexity index is 703. The Kier molecular flexibility index (Phi) is 14.1. The summed E-state index contributed by atoms with van der Waals surface area (Å²) in [6.07, 6.45) is 18.5. The fraction of sp³-hybridized carbons (Fsp3) is 0.533. The van der Waals surface area contributed by atoms with Gasteiger partial charge >= 0.3 is 0 Å². The van der Waals surface area contributed by atoms with Gasteiger partial charge in [-0.1, -0.05) is 95.1 Å². The number of rotatable bonds is 19. The molecular weight excluding hydrogens is 392 g/mol. The molecule has 0 aliphatic rings. The van der Waals surface area contributed by atoms with Crippen LogP contribution < -0.4 is 9.47 Å². The predicted octanol–water partition coefficient (Wildman–Crippen LogP) is 9.39. The van der Waals surface area contributed by atoms with E-state index >= 15 is 0 Å². The molecule has 2 nitrogen and oxygen atoms in total. The molecule has 2 rings (SSSR count). The van der Waals surface area contributed by atoms with Gasteiger partial charge in [0.15, 0.2) is 0 Å². The molecule has 0 aliphatic carbocycles. The van der Waals surface area contributed by atoms with Crippen LogP contribution in [0.1, 0.15) is 90.4 Å². The molecule has 0 aromatic heterocycles. The lowest BCUT2D eigenvalue weighted by molar-refractivity contribution is 0.304. The second kappa shape index (κ2) is 17.3. The largest absolute Gasteiger partial charge is 0.494 e. The van der Waals surface area contributed by atoms with Crippen LogP contribution in [0.2, 0.25) is 0 Å². The molecule has 0 aliphatic heterocycles. The van der Waals surface area contributed by atoms with Gasteiger partial charge < -0.3 is 9.47 Å². The molecule has 0 heterocycles. The first-order chi connectivity index (χ1) is 15.8. The zero-order chi connectivity index (χ0) is 22.7. The zero-order valence-corrected chi connectivity index (χ0v) is 20.3. The van der Waals surface area contributed by atoms with Gasteiger partial charge in [-0.25, -0.2) is 0 Å². The van der Waals surface area contributed by atoms with Crippen LogP contribution in [-0.4, -0.2) is 13.2 Å². The maximum Gasteiger partial charge on any atom is 0.119 e. The fourth-order valence-electron chi connectivity index (χ4n) is 3.85. The monoisotopic (exact) mass is 436 g/mol. The van der Waals surface area contributed by atoms with Crippen molar-refractivity contribution in [2.75, 3.05) is 13.2 Å². The van der Waals surface area contributed by atoms with Crippen molar-refractivity contribution >= 4 is 0 Å². The van der Waals surface area contributed by atoms with Crippen LogP contribution >= 0.6 is 0 Å². The number of hydrogen-bond acceptors (Lipinski definition) is 2. The summed E-state index contributed by atoms with van der Waals surface area (Å²) in [5.74, 6) is 1.92. The third-order valence-electron chi connectivity index (χ3n) is 5.88. The standard InChI is InChI=1S/C30H44O2/c1-3-5-7-9-11-12-14-16-26-32-30-23-19-28(20-24-30)27-17-21-29(22-18-27)31-25-15-13-10-8-6-4-2/h3,17-24H,1,4-16,25-26H2,2H3. The van der Waals surface area contributed by atoms with Crippen molar-refractivity contribution in [3.63, 3.8) is 0 Å². The SMILES string of the molecule is C=CCCCCCCCCOc1ccc(-c2ccc(OCCCCCCCC)cc2)cc1. The highest BCUT2D eigenvalue weighted by Gasteiger charge is 2.01. The summed E-state index contributed by atoms with van der Waals surface area (Å²) >= 11 is 0. The lowest BCUT2D eigenvalue weighted by atomic mass is 10.1. The summed E-state index contributed by atoms with van der Waals surface area (Å²) in [7, 11) is 0. The van der Waals surface area contributed by atoms with Gasteiger partial charge in [-0.2, -0.15) is 0 Å². The van der Waals surface area contributed by atoms with E-state index in [9.17, 15) is 0 Å². The van der Waals surface area contributed by atoms with Gasteiger partial charge in [-0.3, -0.25) is 0 Å². The molecular formula is C30H44O2. The second-order valence-corrected chi connectivity index (χ2v) is 8.71. The molecule has 0 radical (unpaired) electrons. The number of allylic oxidation sites excluding steroid dienone is 1. The molecule has 0 saturated heterocycles. The summed E-state index contributed by atoms with van der Waals surface area (Å²) in [6, 6.07) is 16.9. The van der Waals surface area contributed by atoms with Crippen LogP contribution in [0, 0.1) is 0 Å². The molecule has 0 saturated carbocycles. The van der Waals surface area contributed by atoms with E-state index in [-0.39, 0.29) is 0 Å². The van der Waals surface area contributed by atoms with Crippen LogP contribution in [-0.2, 0) is 0 Å². The fourth-order valence-corrected chi connectivity index (χ4v) is 3.85. The molecule has 2 heteroatoms. The molecule has 0 N–H and O–H groups in total. The van der Waals surface area contributed by atoms with Crippen LogP contribution in [0.15, 0.2) is 61.2 Å². The summed E-state index contributed by atoms with van der Waals surface area (Å²) in [5.41, 5.74) is 2.42. The van der Waals surface area contributed by atoms with E-state index in [0.29, 0.717) is 0 Å². The Morgan fingerprint density at radius 3 is 1.41 bits per heavy atom. The van der Waals surface area contributed by atoms with Gasteiger partial charge in [0.2, 0.25) is 0 Å². The van der Waals surface area contributed by atoms with E-state index in [2.05, 4.69) is 62.0 Å². The Morgan fingerprint density at radius 2 is 0.969 bits per heavy atom. The van der Waals surface area contributed by atoms with E-state index in [0.717, 1.165) is 44.0 Å². The van der Waals surface area contributed by atoms with Gasteiger partial charge in [-0.05, 0) is 61.1 Å². The third kappa shape index (κ3) is 11.4. The van der Waals surface area contributed by atoms with Gasteiger partial charge in [0.1, 0.15) is 11.5 Å². The third-order valence-corrected chi connectivity index (χ3v) is 5.88. The summed E-state index contributed by atoms with van der Waals surface area (Å²) in [6.45, 7) is 7.64. The highest BCUT2D eigenvalue weighted by molar-refractivity contribution is 5.64. The normalized spacial score (nSPS) is 10.8. The van der Waals surface area contributed by atoms with Crippen molar-refractivity contribution in [3.8, 4) is 22.6 Å². The topological polar surface area (TPSA) is 18.5 Å². The lowest BCUT2D eigenvalue weighted by Crippen LogP contribution is -1.97. The molecule has 32 heavy (non-hydrogen) atoms. The van der Waals surface area contributed by atoms with Gasteiger partial charge in [0.25, 0.3) is 0 Å². The van der Waals surface area contributed by atoms with Crippen molar-refractivity contribution in [2.24, 2.45) is 0 Å². The maximum absolute atomic E-state index is 5.91. The predicted molar refractivity (Wildman–Crippen MR) is 139 cm³/mol. The van der Waals surface area contributed by atoms with E-state index < -0.39 is 0 Å². The number of hydrogen-bond donors (Lipinski definition) is 0. The Hall–Kier alpha value is -2.22. The van der Waals surface area contributed by atoms with Crippen LogP contribution in [0.4, 0.5) is 0 Å². The average Bonchev–Trinajstić information content (AvgIpc) is 2.83. The van der Waals surface area contributed by atoms with Crippen LogP contribution in [0.3, 0.4) is 0 Å². The zero-order valence-electron chi connectivity index (χ0n) is 20.3. The quantitative estimate of drug-likeness (QED) is 0.161. The van der Waals surface area contributed by atoms with Gasteiger partial charge in [-0.15, -0.1) is 6.58 Å². The van der Waals surface area contributed by atoms with Crippen molar-refractivity contribution in [1.29, 1.82) is 0 Å². The number of benzene rings is 2. The smallest absolute Gasteiger partial charge is 0.119 e. The van der Waals surface area contributed by atoms with Crippen LogP contribution in [0.5, 0.6) is 11.5 Å². The Labute approximate surface area is 197 Å². The molecule has 2 aromatic rings. The summed E-state index contributed by atoms with van der Waals surface area (Å²) in [5, 5.41) is 0. The summed E-state index contributed by atoms with van der Waals surface area (Å²) in [4.78, 5) is 0. The molecule has 0 amide bonds. The maximum atomic E-state index is 5.91. The molecule has 0 unspecified atom stereocenters. The minimum atomic E-state index is 0.802. The highest BCUT2D eigenvalue weighted by atomic mass is 16.5. The van der Waals surface area contributed by atoms with E-state index in [1.165, 1.54) is 75.3 Å². The van der Waals surface area contributed by atoms with E-state index in [1.54, 1.807) is 0 Å². The van der Waals surface area contributed by atoms with Crippen LogP contribution in [0.25, 0.3) is 11.1 Å². The van der Waals surface area contributed by atoms with Crippen molar-refractivity contribution < 1.29 is 9.47 Å². The van der Waals surface area contributed by atoms with Gasteiger partial charge in [0.05, 0.1) is 13.2 Å². The molecule has 0 atom stereocenters. The van der Waals surface area contributed by atoms with Crippen molar-refractivity contribution in [1.82, 2.24) is 0 Å². The first-order valence-electron chi connectivity index (χ1n) is 12.9. The average molecular weight is 437 g/mol. The first kappa shape index (κ1) is 26.0. The molecule has 176 valence electrons. The summed E-state index contributed by atoms with van der Waals surface area (Å²) < 4.78 is 11.8. The minimum absolute atomic E-state index is 0.802. The second-order valence-electron chi connectivity index (χ2n) is 8.71. The number of unbranched alkanes of at least 4 members (excludes halogenated alkanes) is 11. The molecule has 0 bridgehead atoms. The lowest BCUT2D eigenvalue weighted by Gasteiger charge is -2.09. The molecule has 0 fully saturated rings. The van der Waals surface area contributed by atoms with E-state index in [4.69, 9.17) is 9.47 Å². The highest BCUT2D eigenvalue weighted by Crippen LogP contribution is 2.25. The molecule has 2 aromatic carbocycles. The van der Waals surface area contributed by atoms with Gasteiger partial charge in [0, 0.05) is 0 Å².